The second kappa shape index (κ2) is 5.61. The highest BCUT2D eigenvalue weighted by atomic mass is 16.2. The van der Waals surface area contributed by atoms with Crippen LogP contribution in [0.3, 0.4) is 0 Å². The van der Waals surface area contributed by atoms with E-state index >= 15 is 0 Å². The first-order valence-electron chi connectivity index (χ1n) is 6.74. The van der Waals surface area contributed by atoms with Gasteiger partial charge < -0.3 is 15.1 Å². The maximum Gasteiger partial charge on any atom is 0.242 e. The lowest BCUT2D eigenvalue weighted by Gasteiger charge is -2.40. The van der Waals surface area contributed by atoms with Crippen LogP contribution in [0.1, 0.15) is 11.1 Å². The molecular weight excluding hydrogens is 238 g/mol. The first kappa shape index (κ1) is 13.9. The van der Waals surface area contributed by atoms with Crippen LogP contribution in [0.25, 0.3) is 0 Å². The molecular formula is C15H23N3O. The van der Waals surface area contributed by atoms with Crippen molar-refractivity contribution in [2.75, 3.05) is 38.6 Å². The van der Waals surface area contributed by atoms with E-state index < -0.39 is 0 Å². The Kier molecular flexibility index (Phi) is 4.10. The molecule has 2 rings (SSSR count). The molecule has 1 amide bonds. The first-order valence-corrected chi connectivity index (χ1v) is 6.74. The van der Waals surface area contributed by atoms with Crippen LogP contribution in [-0.4, -0.2) is 50.6 Å². The zero-order chi connectivity index (χ0) is 14.0. The zero-order valence-corrected chi connectivity index (χ0v) is 12.2. The van der Waals surface area contributed by atoms with E-state index in [1.807, 2.05) is 19.0 Å². The van der Waals surface area contributed by atoms with Crippen LogP contribution in [0.15, 0.2) is 18.2 Å². The summed E-state index contributed by atoms with van der Waals surface area (Å²) in [6.07, 6.45) is 0. The molecule has 4 heteroatoms. The van der Waals surface area contributed by atoms with Crippen molar-refractivity contribution in [2.45, 2.75) is 19.9 Å². The number of carbonyl (C=O) groups is 1. The number of benzene rings is 1. The first-order chi connectivity index (χ1) is 9.01. The highest BCUT2D eigenvalue weighted by molar-refractivity contribution is 5.83. The molecule has 0 bridgehead atoms. The Morgan fingerprint density at radius 3 is 2.47 bits per heavy atom. The van der Waals surface area contributed by atoms with Gasteiger partial charge in [0.25, 0.3) is 0 Å². The summed E-state index contributed by atoms with van der Waals surface area (Å²) in [4.78, 5) is 16.1. The normalized spacial score (nSPS) is 20.0. The Morgan fingerprint density at radius 1 is 1.26 bits per heavy atom. The largest absolute Gasteiger partial charge is 0.360 e. The van der Waals surface area contributed by atoms with Crippen LogP contribution in [0.4, 0.5) is 5.69 Å². The number of amides is 1. The molecule has 1 fully saturated rings. The Labute approximate surface area is 115 Å². The smallest absolute Gasteiger partial charge is 0.242 e. The summed E-state index contributed by atoms with van der Waals surface area (Å²) in [5.74, 6) is 0.186. The van der Waals surface area contributed by atoms with Gasteiger partial charge in [-0.3, -0.25) is 4.79 Å². The molecule has 0 aliphatic carbocycles. The molecule has 19 heavy (non-hydrogen) atoms. The van der Waals surface area contributed by atoms with Gasteiger partial charge in [0.15, 0.2) is 0 Å². The average Bonchev–Trinajstić information content (AvgIpc) is 2.33. The van der Waals surface area contributed by atoms with Gasteiger partial charge in [0, 0.05) is 25.8 Å². The third-order valence-electron chi connectivity index (χ3n) is 3.71. The minimum Gasteiger partial charge on any atom is -0.360 e. The Balaban J connectivity index is 2.22. The average molecular weight is 261 g/mol. The van der Waals surface area contributed by atoms with Crippen LogP contribution in [0.2, 0.25) is 0 Å². The van der Waals surface area contributed by atoms with Gasteiger partial charge in [-0.05, 0) is 44.2 Å². The van der Waals surface area contributed by atoms with E-state index in [-0.39, 0.29) is 11.9 Å². The number of likely N-dealkylation sites (N-methyl/N-ethyl adjacent to an activating group) is 2. The van der Waals surface area contributed by atoms with Crippen molar-refractivity contribution in [2.24, 2.45) is 0 Å². The highest BCUT2D eigenvalue weighted by Crippen LogP contribution is 2.22. The molecule has 0 radical (unpaired) electrons. The summed E-state index contributed by atoms with van der Waals surface area (Å²) in [7, 11) is 3.82. The number of rotatable bonds is 3. The Hall–Kier alpha value is -1.55. The summed E-state index contributed by atoms with van der Waals surface area (Å²) in [6.45, 7) is 6.37. The molecule has 1 aromatic rings. The number of nitrogens with one attached hydrogen (secondary N) is 1. The maximum absolute atomic E-state index is 12.1. The van der Waals surface area contributed by atoms with Gasteiger partial charge in [-0.1, -0.05) is 6.07 Å². The monoisotopic (exact) mass is 261 g/mol. The minimum atomic E-state index is 0.186. The number of hydrogen-bond donors (Lipinski definition) is 1. The molecule has 104 valence electrons. The molecule has 1 atom stereocenters. The van der Waals surface area contributed by atoms with E-state index in [1.165, 1.54) is 11.1 Å². The molecule has 1 heterocycles. The van der Waals surface area contributed by atoms with Crippen LogP contribution >= 0.6 is 0 Å². The van der Waals surface area contributed by atoms with Crippen molar-refractivity contribution in [1.29, 1.82) is 0 Å². The third-order valence-corrected chi connectivity index (χ3v) is 3.71. The van der Waals surface area contributed by atoms with E-state index in [1.54, 1.807) is 0 Å². The lowest BCUT2D eigenvalue weighted by Crippen LogP contribution is -2.57. The van der Waals surface area contributed by atoms with Gasteiger partial charge in [-0.25, -0.2) is 0 Å². The van der Waals surface area contributed by atoms with Gasteiger partial charge in [0.2, 0.25) is 5.91 Å². The van der Waals surface area contributed by atoms with E-state index in [0.29, 0.717) is 6.54 Å². The van der Waals surface area contributed by atoms with Crippen molar-refractivity contribution >= 4 is 11.6 Å². The third kappa shape index (κ3) is 3.07. The van der Waals surface area contributed by atoms with Gasteiger partial charge >= 0.3 is 0 Å². The molecule has 0 spiro atoms. The van der Waals surface area contributed by atoms with Crippen molar-refractivity contribution in [3.8, 4) is 0 Å². The van der Waals surface area contributed by atoms with E-state index in [9.17, 15) is 4.79 Å². The van der Waals surface area contributed by atoms with Crippen LogP contribution in [-0.2, 0) is 4.79 Å². The topological polar surface area (TPSA) is 35.6 Å². The van der Waals surface area contributed by atoms with E-state index in [0.717, 1.165) is 18.8 Å². The molecule has 1 aromatic carbocycles. The molecule has 1 saturated heterocycles. The van der Waals surface area contributed by atoms with Crippen molar-refractivity contribution in [1.82, 2.24) is 10.2 Å². The number of carbonyl (C=O) groups excluding carboxylic acids is 1. The fraction of sp³-hybridized carbons (Fsp3) is 0.533. The number of hydrogen-bond acceptors (Lipinski definition) is 3. The minimum absolute atomic E-state index is 0.186. The molecule has 0 saturated carbocycles. The van der Waals surface area contributed by atoms with E-state index in [4.69, 9.17) is 0 Å². The molecule has 1 unspecified atom stereocenters. The SMILES string of the molecule is CNCC1CN(c2cc(C)cc(C)c2)CC(=O)N1C. The molecule has 4 nitrogen and oxygen atoms in total. The van der Waals surface area contributed by atoms with Crippen molar-refractivity contribution < 1.29 is 4.79 Å². The van der Waals surface area contributed by atoms with Crippen molar-refractivity contribution in [3.05, 3.63) is 29.3 Å². The van der Waals surface area contributed by atoms with Crippen molar-refractivity contribution in [3.63, 3.8) is 0 Å². The fourth-order valence-corrected chi connectivity index (χ4v) is 2.69. The number of anilines is 1. The summed E-state index contributed by atoms with van der Waals surface area (Å²) in [5, 5.41) is 3.16. The van der Waals surface area contributed by atoms with Gasteiger partial charge in [-0.15, -0.1) is 0 Å². The zero-order valence-electron chi connectivity index (χ0n) is 12.2. The summed E-state index contributed by atoms with van der Waals surface area (Å²) in [6, 6.07) is 6.70. The van der Waals surface area contributed by atoms with Crippen LogP contribution in [0.5, 0.6) is 0 Å². The molecule has 0 aromatic heterocycles. The summed E-state index contributed by atoms with van der Waals surface area (Å²) in [5.41, 5.74) is 3.64. The quantitative estimate of drug-likeness (QED) is 0.887. The molecule has 1 aliphatic rings. The highest BCUT2D eigenvalue weighted by Gasteiger charge is 2.29. The molecule has 1 N–H and O–H groups in total. The summed E-state index contributed by atoms with van der Waals surface area (Å²) >= 11 is 0. The molecule has 1 aliphatic heterocycles. The Bertz CT molecular complexity index is 452. The number of piperazine rings is 1. The van der Waals surface area contributed by atoms with Gasteiger partial charge in [0.05, 0.1) is 12.6 Å². The second-order valence-electron chi connectivity index (χ2n) is 5.44. The maximum atomic E-state index is 12.1. The Morgan fingerprint density at radius 2 is 1.89 bits per heavy atom. The lowest BCUT2D eigenvalue weighted by atomic mass is 10.1. The number of aryl methyl sites for hydroxylation is 2. The van der Waals surface area contributed by atoms with E-state index in [2.05, 4.69) is 42.3 Å². The predicted molar refractivity (Wildman–Crippen MR) is 78.6 cm³/mol. The summed E-state index contributed by atoms with van der Waals surface area (Å²) < 4.78 is 0. The second-order valence-corrected chi connectivity index (χ2v) is 5.44. The van der Waals surface area contributed by atoms with Gasteiger partial charge in [0.1, 0.15) is 0 Å². The van der Waals surface area contributed by atoms with Gasteiger partial charge in [-0.2, -0.15) is 0 Å². The number of nitrogens with zero attached hydrogens (tertiary/aromatic N) is 2. The standard InChI is InChI=1S/C15H23N3O/c1-11-5-12(2)7-13(6-11)18-9-14(8-16-3)17(4)15(19)10-18/h5-7,14,16H,8-10H2,1-4H3. The lowest BCUT2D eigenvalue weighted by molar-refractivity contribution is -0.131. The predicted octanol–water partition coefficient (Wildman–Crippen LogP) is 1.17. The van der Waals surface area contributed by atoms with Crippen LogP contribution in [0, 0.1) is 13.8 Å². The van der Waals surface area contributed by atoms with Crippen LogP contribution < -0.4 is 10.2 Å². The fourth-order valence-electron chi connectivity index (χ4n) is 2.69.